The number of pyridine rings is 1. The Morgan fingerprint density at radius 2 is 1.94 bits per heavy atom. The molecule has 16 heavy (non-hydrogen) atoms. The number of hydrogen-bond donors (Lipinski definition) is 1. The van der Waals surface area contributed by atoms with Crippen molar-refractivity contribution in [2.45, 2.75) is 25.8 Å². The van der Waals surface area contributed by atoms with E-state index in [9.17, 15) is 0 Å². The summed E-state index contributed by atoms with van der Waals surface area (Å²) in [5.74, 6) is 0.316. The van der Waals surface area contributed by atoms with E-state index in [0.717, 1.165) is 0 Å². The van der Waals surface area contributed by atoms with Crippen molar-refractivity contribution in [1.82, 2.24) is 4.98 Å². The Morgan fingerprint density at radius 3 is 2.50 bits per heavy atom. The van der Waals surface area contributed by atoms with Crippen LogP contribution in [0.4, 0.5) is 0 Å². The predicted molar refractivity (Wildman–Crippen MR) is 68.6 cm³/mol. The number of aryl methyl sites for hydroxylation is 1. The first-order chi connectivity index (χ1) is 7.70. The lowest BCUT2D eigenvalue weighted by Crippen LogP contribution is -2.17. The molecule has 0 spiro atoms. The highest BCUT2D eigenvalue weighted by atomic mass is 32.1. The molecule has 2 rings (SSSR count). The number of nitrogens with two attached hydrogens (primary N) is 1. The van der Waals surface area contributed by atoms with Crippen molar-refractivity contribution in [2.24, 2.45) is 5.73 Å². The van der Waals surface area contributed by atoms with Crippen LogP contribution in [0.5, 0.6) is 0 Å². The standard InChI is InChI=1S/C13H16N2S/c1-9-7-16-8-12(9)13(14)10(2)11-3-5-15-6-4-11/h3-8,10,13H,14H2,1-2H3. The maximum absolute atomic E-state index is 6.30. The van der Waals surface area contributed by atoms with Gasteiger partial charge in [-0.3, -0.25) is 4.98 Å². The number of thiophene rings is 1. The van der Waals surface area contributed by atoms with Crippen molar-refractivity contribution in [2.75, 3.05) is 0 Å². The van der Waals surface area contributed by atoms with Gasteiger partial charge in [-0.15, -0.1) is 0 Å². The van der Waals surface area contributed by atoms with E-state index in [1.54, 1.807) is 11.3 Å². The molecular formula is C13H16N2S. The third kappa shape index (κ3) is 2.15. The Labute approximate surface area is 100 Å². The molecule has 2 N–H and O–H groups in total. The van der Waals surface area contributed by atoms with Crippen LogP contribution in [0.25, 0.3) is 0 Å². The Balaban J connectivity index is 2.23. The van der Waals surface area contributed by atoms with Crippen molar-refractivity contribution < 1.29 is 0 Å². The molecule has 2 aromatic heterocycles. The lowest BCUT2D eigenvalue weighted by molar-refractivity contribution is 0.596. The average molecular weight is 232 g/mol. The highest BCUT2D eigenvalue weighted by Gasteiger charge is 2.18. The van der Waals surface area contributed by atoms with Gasteiger partial charge in [0.05, 0.1) is 0 Å². The monoisotopic (exact) mass is 232 g/mol. The molecule has 0 aliphatic carbocycles. The quantitative estimate of drug-likeness (QED) is 0.882. The van der Waals surface area contributed by atoms with E-state index in [4.69, 9.17) is 5.73 Å². The van der Waals surface area contributed by atoms with Crippen LogP contribution < -0.4 is 5.73 Å². The van der Waals surface area contributed by atoms with E-state index in [1.807, 2.05) is 24.5 Å². The molecule has 0 fully saturated rings. The fraction of sp³-hybridized carbons (Fsp3) is 0.308. The largest absolute Gasteiger partial charge is 0.323 e. The summed E-state index contributed by atoms with van der Waals surface area (Å²) >= 11 is 1.71. The van der Waals surface area contributed by atoms with E-state index in [1.165, 1.54) is 16.7 Å². The number of nitrogens with zero attached hydrogens (tertiary/aromatic N) is 1. The molecule has 2 unspecified atom stereocenters. The summed E-state index contributed by atoms with van der Waals surface area (Å²) in [6.07, 6.45) is 3.64. The molecule has 0 saturated heterocycles. The molecule has 0 aliphatic rings. The molecule has 2 heterocycles. The maximum atomic E-state index is 6.30. The minimum atomic E-state index is 0.0636. The van der Waals surface area contributed by atoms with Gasteiger partial charge in [0, 0.05) is 24.4 Å². The number of hydrogen-bond acceptors (Lipinski definition) is 3. The fourth-order valence-corrected chi connectivity index (χ4v) is 2.75. The first-order valence-electron chi connectivity index (χ1n) is 5.38. The second-order valence-corrected chi connectivity index (χ2v) is 4.85. The highest BCUT2D eigenvalue weighted by Crippen LogP contribution is 2.31. The van der Waals surface area contributed by atoms with Gasteiger partial charge in [0.1, 0.15) is 0 Å². The molecule has 2 nitrogen and oxygen atoms in total. The summed E-state index contributed by atoms with van der Waals surface area (Å²) in [5.41, 5.74) is 10.1. The number of aromatic nitrogens is 1. The van der Waals surface area contributed by atoms with Crippen molar-refractivity contribution in [1.29, 1.82) is 0 Å². The Kier molecular flexibility index (Phi) is 3.36. The van der Waals surface area contributed by atoms with Crippen LogP contribution in [0.3, 0.4) is 0 Å². The summed E-state index contributed by atoms with van der Waals surface area (Å²) in [7, 11) is 0. The summed E-state index contributed by atoms with van der Waals surface area (Å²) in [5, 5.41) is 4.30. The zero-order chi connectivity index (χ0) is 11.5. The minimum Gasteiger partial charge on any atom is -0.323 e. The maximum Gasteiger partial charge on any atom is 0.0372 e. The van der Waals surface area contributed by atoms with E-state index in [2.05, 4.69) is 29.6 Å². The molecule has 0 aliphatic heterocycles. The van der Waals surface area contributed by atoms with E-state index in [0.29, 0.717) is 5.92 Å². The zero-order valence-electron chi connectivity index (χ0n) is 9.55. The van der Waals surface area contributed by atoms with Crippen LogP contribution in [0.15, 0.2) is 35.3 Å². The lowest BCUT2D eigenvalue weighted by atomic mass is 9.90. The molecule has 2 atom stereocenters. The minimum absolute atomic E-state index is 0.0636. The second-order valence-electron chi connectivity index (χ2n) is 4.11. The van der Waals surface area contributed by atoms with Crippen molar-refractivity contribution in [3.8, 4) is 0 Å². The SMILES string of the molecule is Cc1cscc1C(N)C(C)c1ccncc1. The Hall–Kier alpha value is -1.19. The van der Waals surface area contributed by atoms with Gasteiger partial charge in [0.25, 0.3) is 0 Å². The molecular weight excluding hydrogens is 216 g/mol. The Morgan fingerprint density at radius 1 is 1.25 bits per heavy atom. The van der Waals surface area contributed by atoms with Gasteiger partial charge < -0.3 is 5.73 Å². The van der Waals surface area contributed by atoms with Gasteiger partial charge in [-0.05, 0) is 46.5 Å². The van der Waals surface area contributed by atoms with E-state index >= 15 is 0 Å². The molecule has 0 aromatic carbocycles. The van der Waals surface area contributed by atoms with Gasteiger partial charge in [-0.2, -0.15) is 11.3 Å². The van der Waals surface area contributed by atoms with Crippen molar-refractivity contribution in [3.05, 3.63) is 52.0 Å². The summed E-state index contributed by atoms with van der Waals surface area (Å²) < 4.78 is 0. The van der Waals surface area contributed by atoms with E-state index in [-0.39, 0.29) is 6.04 Å². The van der Waals surface area contributed by atoms with Gasteiger partial charge >= 0.3 is 0 Å². The zero-order valence-corrected chi connectivity index (χ0v) is 10.4. The highest BCUT2D eigenvalue weighted by molar-refractivity contribution is 7.08. The van der Waals surface area contributed by atoms with E-state index < -0.39 is 0 Å². The molecule has 0 saturated carbocycles. The smallest absolute Gasteiger partial charge is 0.0372 e. The van der Waals surface area contributed by atoms with Crippen LogP contribution >= 0.6 is 11.3 Å². The molecule has 3 heteroatoms. The third-order valence-corrected chi connectivity index (χ3v) is 3.90. The summed E-state index contributed by atoms with van der Waals surface area (Å²) in [4.78, 5) is 4.03. The van der Waals surface area contributed by atoms with Crippen LogP contribution in [-0.4, -0.2) is 4.98 Å². The predicted octanol–water partition coefficient (Wildman–Crippen LogP) is 3.26. The summed E-state index contributed by atoms with van der Waals surface area (Å²) in [6.45, 7) is 4.28. The normalized spacial score (nSPS) is 14.7. The third-order valence-electron chi connectivity index (χ3n) is 3.02. The van der Waals surface area contributed by atoms with Crippen LogP contribution in [-0.2, 0) is 0 Å². The molecule has 84 valence electrons. The molecule has 0 amide bonds. The van der Waals surface area contributed by atoms with Crippen LogP contribution in [0.1, 0.15) is 35.6 Å². The molecule has 0 bridgehead atoms. The van der Waals surface area contributed by atoms with Gasteiger partial charge in [-0.25, -0.2) is 0 Å². The summed E-state index contributed by atoms with van der Waals surface area (Å²) in [6, 6.07) is 4.13. The first-order valence-corrected chi connectivity index (χ1v) is 6.32. The second kappa shape index (κ2) is 4.76. The van der Waals surface area contributed by atoms with Crippen LogP contribution in [0, 0.1) is 6.92 Å². The average Bonchev–Trinajstić information content (AvgIpc) is 2.75. The van der Waals surface area contributed by atoms with Crippen LogP contribution in [0.2, 0.25) is 0 Å². The fourth-order valence-electron chi connectivity index (χ4n) is 1.86. The lowest BCUT2D eigenvalue weighted by Gasteiger charge is -2.20. The van der Waals surface area contributed by atoms with Gasteiger partial charge in [0.2, 0.25) is 0 Å². The van der Waals surface area contributed by atoms with Crippen molar-refractivity contribution >= 4 is 11.3 Å². The number of rotatable bonds is 3. The van der Waals surface area contributed by atoms with Crippen molar-refractivity contribution in [3.63, 3.8) is 0 Å². The van der Waals surface area contributed by atoms with Gasteiger partial charge in [0.15, 0.2) is 0 Å². The molecule has 2 aromatic rings. The Bertz CT molecular complexity index is 450. The van der Waals surface area contributed by atoms with Gasteiger partial charge in [-0.1, -0.05) is 6.92 Å². The topological polar surface area (TPSA) is 38.9 Å². The molecule has 0 radical (unpaired) electrons. The first kappa shape index (κ1) is 11.3.